The van der Waals surface area contributed by atoms with Gasteiger partial charge in [0.05, 0.1) is 17.4 Å². The number of hydrogen-bond donors (Lipinski definition) is 1. The molecule has 0 atom stereocenters. The van der Waals surface area contributed by atoms with E-state index < -0.39 is 15.2 Å². The van der Waals surface area contributed by atoms with Crippen molar-refractivity contribution in [3.63, 3.8) is 0 Å². The maximum Gasteiger partial charge on any atom is 0.311 e. The number of nitro groups is 1. The zero-order valence-electron chi connectivity index (χ0n) is 22.2. The quantitative estimate of drug-likeness (QED) is 0.143. The van der Waals surface area contributed by atoms with Crippen molar-refractivity contribution in [2.75, 3.05) is 7.11 Å². The molecule has 39 heavy (non-hydrogen) atoms. The number of para-hydroxylation sites is 1. The molecule has 1 aromatic heterocycles. The fraction of sp³-hybridized carbons (Fsp3) is 0.393. The van der Waals surface area contributed by atoms with E-state index in [4.69, 9.17) is 23.4 Å². The number of unbranched alkanes of at least 4 members (excludes halogenated alkanes) is 7. The number of aromatic nitrogens is 1. The first-order valence-electron chi connectivity index (χ1n) is 12.8. The second-order valence-corrected chi connectivity index (χ2v) is 9.75. The maximum absolute atomic E-state index is 11.2. The summed E-state index contributed by atoms with van der Waals surface area (Å²) in [5, 5.41) is 22.5. The van der Waals surface area contributed by atoms with Crippen LogP contribution >= 0.6 is 0 Å². The molecule has 3 aromatic rings. The van der Waals surface area contributed by atoms with Crippen LogP contribution in [0.25, 0.3) is 23.1 Å². The summed E-state index contributed by atoms with van der Waals surface area (Å²) in [7, 11) is -3.28. The lowest BCUT2D eigenvalue weighted by Gasteiger charge is -2.17. The van der Waals surface area contributed by atoms with Crippen LogP contribution in [-0.2, 0) is 6.54 Å². The Morgan fingerprint density at radius 3 is 2.18 bits per heavy atom. The summed E-state index contributed by atoms with van der Waals surface area (Å²) < 4.78 is 41.6. The molecule has 0 radical (unpaired) electrons. The molecule has 0 aliphatic rings. The number of pyridine rings is 1. The van der Waals surface area contributed by atoms with E-state index in [9.17, 15) is 15.2 Å². The molecule has 0 aliphatic heterocycles. The molecule has 0 fully saturated rings. The molecule has 212 valence electrons. The van der Waals surface area contributed by atoms with Gasteiger partial charge < -0.3 is 9.84 Å². The normalized spacial score (nSPS) is 11.4. The highest BCUT2D eigenvalue weighted by atomic mass is 35.7. The summed E-state index contributed by atoms with van der Waals surface area (Å²) in [5.41, 5.74) is 2.21. The van der Waals surface area contributed by atoms with Gasteiger partial charge in [-0.3, -0.25) is 10.1 Å². The number of methoxy groups -OCH3 is 1. The zero-order valence-corrected chi connectivity index (χ0v) is 23.0. The first-order chi connectivity index (χ1) is 18.5. The van der Waals surface area contributed by atoms with E-state index in [-0.39, 0.29) is 11.4 Å². The van der Waals surface area contributed by atoms with Crippen molar-refractivity contribution in [3.05, 3.63) is 69.9 Å². The van der Waals surface area contributed by atoms with Crippen molar-refractivity contribution in [2.24, 2.45) is 0 Å². The van der Waals surface area contributed by atoms with E-state index >= 15 is 0 Å². The number of phenolic OH excluding ortho intramolecular Hbond substituents is 1. The molecule has 1 N–H and O–H groups in total. The number of nitrogens with zero attached hydrogens (tertiary/aromatic N) is 2. The Kier molecular flexibility index (Phi) is 13.1. The average molecular weight is 563 g/mol. The van der Waals surface area contributed by atoms with E-state index in [0.29, 0.717) is 5.56 Å². The summed E-state index contributed by atoms with van der Waals surface area (Å²) in [5.74, 6) is 0.500. The van der Waals surface area contributed by atoms with Crippen LogP contribution in [-0.4, -0.2) is 17.1 Å². The third kappa shape index (κ3) is 11.2. The summed E-state index contributed by atoms with van der Waals surface area (Å²) in [4.78, 5) is 10.6. The van der Waals surface area contributed by atoms with E-state index in [0.717, 1.165) is 35.3 Å². The van der Waals surface area contributed by atoms with Crippen LogP contribution in [0.5, 0.6) is 11.5 Å². The molecular formula is C28H35ClN2O8. The minimum Gasteiger partial charge on any atom is -0.502 e. The van der Waals surface area contributed by atoms with Gasteiger partial charge in [-0.05, 0) is 30.7 Å². The van der Waals surface area contributed by atoms with Gasteiger partial charge in [0.25, 0.3) is 0 Å². The molecule has 0 bridgehead atoms. The Labute approximate surface area is 230 Å². The predicted octanol–water partition coefficient (Wildman–Crippen LogP) is 2.30. The highest BCUT2D eigenvalue weighted by Crippen LogP contribution is 2.30. The molecule has 0 amide bonds. The first kappa shape index (κ1) is 31.9. The first-order valence-corrected chi connectivity index (χ1v) is 14.1. The highest BCUT2D eigenvalue weighted by Gasteiger charge is 2.17. The topological polar surface area (TPSA) is 169 Å². The van der Waals surface area contributed by atoms with E-state index in [1.54, 1.807) is 25.3 Å². The van der Waals surface area contributed by atoms with Crippen LogP contribution in [0.4, 0.5) is 5.69 Å². The lowest BCUT2D eigenvalue weighted by molar-refractivity contribution is -2.00. The smallest absolute Gasteiger partial charge is 0.311 e. The minimum absolute atomic E-state index is 0.292. The van der Waals surface area contributed by atoms with Gasteiger partial charge in [-0.2, -0.15) is 4.57 Å². The lowest BCUT2D eigenvalue weighted by Crippen LogP contribution is -2.68. The molecule has 10 nitrogen and oxygen atoms in total. The van der Waals surface area contributed by atoms with Crippen LogP contribution < -0.4 is 27.9 Å². The largest absolute Gasteiger partial charge is 0.502 e. The molecule has 0 aliphatic carbocycles. The van der Waals surface area contributed by atoms with Gasteiger partial charge in [0, 0.05) is 36.3 Å². The highest BCUT2D eigenvalue weighted by molar-refractivity contribution is 5.79. The summed E-state index contributed by atoms with van der Waals surface area (Å²) in [6.45, 7) is 3.11. The fourth-order valence-electron chi connectivity index (χ4n) is 4.25. The predicted molar refractivity (Wildman–Crippen MR) is 137 cm³/mol. The van der Waals surface area contributed by atoms with Gasteiger partial charge in [0.2, 0.25) is 17.0 Å². The van der Waals surface area contributed by atoms with Crippen molar-refractivity contribution in [1.82, 2.24) is 0 Å². The van der Waals surface area contributed by atoms with Crippen LogP contribution in [0.1, 0.15) is 69.5 Å². The van der Waals surface area contributed by atoms with Crippen LogP contribution in [0.15, 0.2) is 48.5 Å². The summed E-state index contributed by atoms with van der Waals surface area (Å²) >= 11 is 0. The third-order valence-electron chi connectivity index (χ3n) is 6.18. The van der Waals surface area contributed by atoms with Gasteiger partial charge in [-0.15, -0.1) is 10.2 Å². The molecule has 1 heterocycles. The number of fused-ring (bicyclic) bond motifs is 1. The van der Waals surface area contributed by atoms with Gasteiger partial charge in [-0.25, -0.2) is 18.6 Å². The van der Waals surface area contributed by atoms with E-state index in [1.807, 2.05) is 24.3 Å². The number of benzene rings is 2. The number of ether oxygens (including phenoxy) is 1. The monoisotopic (exact) mass is 562 g/mol. The molecule has 3 rings (SSSR count). The van der Waals surface area contributed by atoms with Crippen LogP contribution in [0.3, 0.4) is 0 Å². The molecule has 0 spiro atoms. The Hall–Kier alpha value is -3.28. The standard InChI is InChI=1S/C28H34N2O4.ClHO4/c1-3-4-5-6-7-8-9-10-20-29-24(17-15-23-21-25(34-2)18-19-26(23)29)16-14-22-12-11-13-27(28(22)31)30(32)33;2-1(3,4)5/h11-19,21H,3-10,20H2,1-2H3;(H,2,3,4,5). The lowest BCUT2D eigenvalue weighted by atomic mass is 10.1. The molecule has 0 saturated carbocycles. The Bertz CT molecular complexity index is 1240. The SMILES string of the molecule is CCCCCCCCCC[n+]1c(C=Cc2cccc([N+](=O)[O-])c2O)ccc2cc(OC)ccc21.[O-][Cl+3]([O-])([O-])[O-]. The van der Waals surface area contributed by atoms with Crippen molar-refractivity contribution in [1.29, 1.82) is 0 Å². The number of aryl methyl sites for hydroxylation is 1. The number of halogens is 1. The number of rotatable bonds is 13. The second-order valence-electron chi connectivity index (χ2n) is 8.99. The second kappa shape index (κ2) is 16.0. The van der Waals surface area contributed by atoms with Gasteiger partial charge in [0.1, 0.15) is 12.3 Å². The van der Waals surface area contributed by atoms with Crippen LogP contribution in [0.2, 0.25) is 0 Å². The number of phenols is 1. The Morgan fingerprint density at radius 2 is 1.56 bits per heavy atom. The number of nitro benzene ring substituents is 1. The number of aromatic hydroxyl groups is 1. The van der Waals surface area contributed by atoms with Crippen molar-refractivity contribution >= 4 is 28.7 Å². The van der Waals surface area contributed by atoms with Gasteiger partial charge >= 0.3 is 5.69 Å². The number of hydrogen-bond acceptors (Lipinski definition) is 8. The summed E-state index contributed by atoms with van der Waals surface area (Å²) in [6.07, 6.45) is 13.7. The van der Waals surface area contributed by atoms with Crippen molar-refractivity contribution in [3.8, 4) is 11.5 Å². The summed E-state index contributed by atoms with van der Waals surface area (Å²) in [6, 6.07) is 14.7. The molecule has 0 unspecified atom stereocenters. The Balaban J connectivity index is 0.000000976. The van der Waals surface area contributed by atoms with Crippen LogP contribution in [0, 0.1) is 20.4 Å². The average Bonchev–Trinajstić information content (AvgIpc) is 2.88. The molecular weight excluding hydrogens is 528 g/mol. The Morgan fingerprint density at radius 1 is 0.923 bits per heavy atom. The van der Waals surface area contributed by atoms with Gasteiger partial charge in [-0.1, -0.05) is 57.6 Å². The van der Waals surface area contributed by atoms with E-state index in [1.165, 1.54) is 51.0 Å². The molecule has 11 heteroatoms. The van der Waals surface area contributed by atoms with Gasteiger partial charge in [0.15, 0.2) is 0 Å². The third-order valence-corrected chi connectivity index (χ3v) is 6.18. The molecule has 2 aromatic carbocycles. The fourth-order valence-corrected chi connectivity index (χ4v) is 4.25. The minimum atomic E-state index is -4.94. The van der Waals surface area contributed by atoms with Crippen molar-refractivity contribution < 1.29 is 48.2 Å². The maximum atomic E-state index is 11.2. The molecule has 0 saturated heterocycles. The van der Waals surface area contributed by atoms with Crippen molar-refractivity contribution in [2.45, 2.75) is 64.8 Å². The van der Waals surface area contributed by atoms with E-state index in [2.05, 4.69) is 23.6 Å². The zero-order chi connectivity index (χ0) is 28.8.